The molecule has 0 amide bonds. The van der Waals surface area contributed by atoms with Crippen molar-refractivity contribution in [1.29, 1.82) is 0 Å². The van der Waals surface area contributed by atoms with Gasteiger partial charge in [-0.25, -0.2) is 12.7 Å². The SMILES string of the molecule is CC(C)CCS(=O)(=O)N(C)C1CCCNCC1. The molecular weight excluding hydrogens is 236 g/mol. The topological polar surface area (TPSA) is 49.4 Å². The van der Waals surface area contributed by atoms with E-state index >= 15 is 0 Å². The summed E-state index contributed by atoms with van der Waals surface area (Å²) < 4.78 is 25.9. The van der Waals surface area contributed by atoms with Gasteiger partial charge in [-0.2, -0.15) is 0 Å². The second-order valence-corrected chi connectivity index (χ2v) is 7.50. The number of nitrogens with zero attached hydrogens (tertiary/aromatic N) is 1. The third-order valence-electron chi connectivity index (χ3n) is 3.45. The summed E-state index contributed by atoms with van der Waals surface area (Å²) in [4.78, 5) is 0. The normalized spacial score (nSPS) is 23.0. The molecule has 5 heteroatoms. The fourth-order valence-corrected chi connectivity index (χ4v) is 3.84. The Balaban J connectivity index is 2.56. The van der Waals surface area contributed by atoms with Crippen LogP contribution in [-0.4, -0.2) is 44.7 Å². The standard InChI is InChI=1S/C12H26N2O2S/c1-11(2)7-10-17(15,16)14(3)12-5-4-8-13-9-6-12/h11-13H,4-10H2,1-3H3. The molecule has 1 aliphatic heterocycles. The van der Waals surface area contributed by atoms with E-state index in [1.165, 1.54) is 0 Å². The number of nitrogens with one attached hydrogen (secondary N) is 1. The van der Waals surface area contributed by atoms with Gasteiger partial charge in [-0.05, 0) is 44.7 Å². The smallest absolute Gasteiger partial charge is 0.214 e. The van der Waals surface area contributed by atoms with Gasteiger partial charge < -0.3 is 5.32 Å². The number of hydrogen-bond acceptors (Lipinski definition) is 3. The lowest BCUT2D eigenvalue weighted by Crippen LogP contribution is -2.39. The fourth-order valence-electron chi connectivity index (χ4n) is 2.12. The minimum absolute atomic E-state index is 0.183. The molecule has 0 bridgehead atoms. The molecule has 1 fully saturated rings. The summed E-state index contributed by atoms with van der Waals surface area (Å²) in [5.74, 6) is 0.722. The monoisotopic (exact) mass is 262 g/mol. The average Bonchev–Trinajstić information content (AvgIpc) is 2.54. The van der Waals surface area contributed by atoms with Gasteiger partial charge in [0, 0.05) is 13.1 Å². The van der Waals surface area contributed by atoms with Gasteiger partial charge in [0.25, 0.3) is 0 Å². The number of rotatable bonds is 5. The highest BCUT2D eigenvalue weighted by Gasteiger charge is 2.26. The van der Waals surface area contributed by atoms with Crippen LogP contribution in [0.25, 0.3) is 0 Å². The zero-order valence-corrected chi connectivity index (χ0v) is 12.1. The maximum absolute atomic E-state index is 12.2. The van der Waals surface area contributed by atoms with Gasteiger partial charge >= 0.3 is 0 Å². The Morgan fingerprint density at radius 1 is 1.29 bits per heavy atom. The van der Waals surface area contributed by atoms with Gasteiger partial charge in [0.1, 0.15) is 0 Å². The molecule has 0 spiro atoms. The first-order chi connectivity index (χ1) is 7.93. The van der Waals surface area contributed by atoms with Crippen LogP contribution >= 0.6 is 0 Å². The molecule has 0 radical (unpaired) electrons. The second kappa shape index (κ2) is 6.71. The molecule has 17 heavy (non-hydrogen) atoms. The molecule has 0 aliphatic carbocycles. The van der Waals surface area contributed by atoms with E-state index in [2.05, 4.69) is 19.2 Å². The van der Waals surface area contributed by atoms with E-state index in [1.54, 1.807) is 11.4 Å². The maximum Gasteiger partial charge on any atom is 0.214 e. The lowest BCUT2D eigenvalue weighted by molar-refractivity contribution is 0.340. The number of hydrogen-bond donors (Lipinski definition) is 1. The van der Waals surface area contributed by atoms with Crippen molar-refractivity contribution >= 4 is 10.0 Å². The molecule has 0 saturated carbocycles. The van der Waals surface area contributed by atoms with Crippen molar-refractivity contribution in [3.63, 3.8) is 0 Å². The summed E-state index contributed by atoms with van der Waals surface area (Å²) in [5.41, 5.74) is 0. The van der Waals surface area contributed by atoms with Crippen LogP contribution in [-0.2, 0) is 10.0 Å². The quantitative estimate of drug-likeness (QED) is 0.815. The van der Waals surface area contributed by atoms with E-state index in [9.17, 15) is 8.42 Å². The van der Waals surface area contributed by atoms with Crippen molar-refractivity contribution in [3.8, 4) is 0 Å². The van der Waals surface area contributed by atoms with E-state index in [4.69, 9.17) is 0 Å². The van der Waals surface area contributed by atoms with Crippen LogP contribution in [0, 0.1) is 5.92 Å². The zero-order valence-electron chi connectivity index (χ0n) is 11.3. The molecule has 1 N–H and O–H groups in total. The Bertz CT molecular complexity index is 306. The first kappa shape index (κ1) is 14.9. The summed E-state index contributed by atoms with van der Waals surface area (Å²) in [6.45, 7) is 6.06. The van der Waals surface area contributed by atoms with E-state index in [-0.39, 0.29) is 11.8 Å². The van der Waals surface area contributed by atoms with E-state index < -0.39 is 10.0 Å². The number of sulfonamides is 1. The third-order valence-corrected chi connectivity index (χ3v) is 5.38. The van der Waals surface area contributed by atoms with E-state index in [0.717, 1.165) is 38.8 Å². The molecule has 1 aliphatic rings. The van der Waals surface area contributed by atoms with Crippen molar-refractivity contribution in [3.05, 3.63) is 0 Å². The predicted octanol–water partition coefficient (Wildman–Crippen LogP) is 1.44. The molecule has 1 atom stereocenters. The Morgan fingerprint density at radius 3 is 2.65 bits per heavy atom. The first-order valence-corrected chi connectivity index (χ1v) is 8.21. The van der Waals surface area contributed by atoms with Gasteiger partial charge in [-0.3, -0.25) is 0 Å². The van der Waals surface area contributed by atoms with Crippen LogP contribution < -0.4 is 5.32 Å². The molecule has 0 aromatic carbocycles. The van der Waals surface area contributed by atoms with Crippen molar-refractivity contribution < 1.29 is 8.42 Å². The molecular formula is C12H26N2O2S. The largest absolute Gasteiger partial charge is 0.317 e. The summed E-state index contributed by atoms with van der Waals surface area (Å²) in [7, 11) is -1.32. The maximum atomic E-state index is 12.2. The van der Waals surface area contributed by atoms with E-state index in [0.29, 0.717) is 5.92 Å². The molecule has 4 nitrogen and oxygen atoms in total. The Morgan fingerprint density at radius 2 is 2.00 bits per heavy atom. The lowest BCUT2D eigenvalue weighted by atomic mass is 10.1. The van der Waals surface area contributed by atoms with Gasteiger partial charge in [0.2, 0.25) is 10.0 Å². The summed E-state index contributed by atoms with van der Waals surface area (Å²) in [5, 5.41) is 3.31. The van der Waals surface area contributed by atoms with Gasteiger partial charge in [0.15, 0.2) is 0 Å². The third kappa shape index (κ3) is 4.94. The Labute approximate surface area is 106 Å². The highest BCUT2D eigenvalue weighted by Crippen LogP contribution is 2.17. The molecule has 102 valence electrons. The van der Waals surface area contributed by atoms with E-state index in [1.807, 2.05) is 0 Å². The van der Waals surface area contributed by atoms with Crippen LogP contribution in [0.2, 0.25) is 0 Å². The highest BCUT2D eigenvalue weighted by molar-refractivity contribution is 7.89. The first-order valence-electron chi connectivity index (χ1n) is 6.60. The second-order valence-electron chi connectivity index (χ2n) is 5.35. The van der Waals surface area contributed by atoms with Crippen molar-refractivity contribution in [1.82, 2.24) is 9.62 Å². The average molecular weight is 262 g/mol. The van der Waals surface area contributed by atoms with Crippen LogP contribution in [0.5, 0.6) is 0 Å². The van der Waals surface area contributed by atoms with Gasteiger partial charge in [-0.15, -0.1) is 0 Å². The predicted molar refractivity (Wildman–Crippen MR) is 71.5 cm³/mol. The van der Waals surface area contributed by atoms with Gasteiger partial charge in [-0.1, -0.05) is 13.8 Å². The molecule has 0 aromatic rings. The van der Waals surface area contributed by atoms with Gasteiger partial charge in [0.05, 0.1) is 5.75 Å². The summed E-state index contributed by atoms with van der Waals surface area (Å²) >= 11 is 0. The van der Waals surface area contributed by atoms with Crippen LogP contribution in [0.15, 0.2) is 0 Å². The molecule has 1 rings (SSSR count). The minimum atomic E-state index is -3.07. The Hall–Kier alpha value is -0.130. The fraction of sp³-hybridized carbons (Fsp3) is 1.00. The zero-order chi connectivity index (χ0) is 12.9. The van der Waals surface area contributed by atoms with Crippen molar-refractivity contribution in [2.45, 2.75) is 45.6 Å². The molecule has 0 aromatic heterocycles. The van der Waals surface area contributed by atoms with Crippen LogP contribution in [0.1, 0.15) is 39.5 Å². The molecule has 1 saturated heterocycles. The van der Waals surface area contributed by atoms with Crippen molar-refractivity contribution in [2.24, 2.45) is 5.92 Å². The molecule has 1 heterocycles. The summed E-state index contributed by atoms with van der Waals surface area (Å²) in [6.07, 6.45) is 3.72. The van der Waals surface area contributed by atoms with Crippen LogP contribution in [0.3, 0.4) is 0 Å². The summed E-state index contributed by atoms with van der Waals surface area (Å²) in [6, 6.07) is 0.183. The lowest BCUT2D eigenvalue weighted by Gasteiger charge is -2.26. The molecule has 1 unspecified atom stereocenters. The van der Waals surface area contributed by atoms with Crippen LogP contribution in [0.4, 0.5) is 0 Å². The van der Waals surface area contributed by atoms with Crippen molar-refractivity contribution in [2.75, 3.05) is 25.9 Å². The Kier molecular flexibility index (Phi) is 5.89. The highest BCUT2D eigenvalue weighted by atomic mass is 32.2. The minimum Gasteiger partial charge on any atom is -0.317 e.